The number of rotatable bonds is 9. The zero-order valence-electron chi connectivity index (χ0n) is 19.8. The first-order chi connectivity index (χ1) is 17.8. The van der Waals surface area contributed by atoms with Crippen molar-refractivity contribution in [2.24, 2.45) is 0 Å². The highest BCUT2D eigenvalue weighted by Gasteiger charge is 2.51. The number of cyclic esters (lactones) is 1. The van der Waals surface area contributed by atoms with Crippen LogP contribution in [-0.2, 0) is 50.9 Å². The van der Waals surface area contributed by atoms with E-state index < -0.39 is 61.3 Å². The molecular weight excluding hydrogens is 488 g/mol. The highest BCUT2D eigenvalue weighted by Crippen LogP contribution is 2.30. The molecule has 6 atom stereocenters. The van der Waals surface area contributed by atoms with E-state index in [-0.39, 0.29) is 31.6 Å². The summed E-state index contributed by atoms with van der Waals surface area (Å²) in [6.07, 6.45) is -8.10. The van der Waals surface area contributed by atoms with Crippen LogP contribution in [0.25, 0.3) is 0 Å². The lowest BCUT2D eigenvalue weighted by atomic mass is 9.98. The Morgan fingerprint density at radius 1 is 0.919 bits per heavy atom. The van der Waals surface area contributed by atoms with E-state index in [1.165, 1.54) is 24.3 Å². The Morgan fingerprint density at radius 2 is 1.54 bits per heavy atom. The molecule has 0 spiro atoms. The van der Waals surface area contributed by atoms with Crippen molar-refractivity contribution in [1.82, 2.24) is 0 Å². The molecule has 11 heteroatoms. The van der Waals surface area contributed by atoms with E-state index in [9.17, 15) is 29.7 Å². The number of phenolic OH excluding ortho intramolecular Hbond substituents is 1. The molecule has 0 aliphatic carbocycles. The number of carbonyl (C=O) groups excluding carboxylic acids is 3. The molecule has 11 nitrogen and oxygen atoms in total. The number of hydrogen-bond acceptors (Lipinski definition) is 11. The van der Waals surface area contributed by atoms with Gasteiger partial charge in [0.1, 0.15) is 30.7 Å². The van der Waals surface area contributed by atoms with Crippen LogP contribution in [0.2, 0.25) is 0 Å². The third kappa shape index (κ3) is 7.04. The Morgan fingerprint density at radius 3 is 2.14 bits per heavy atom. The Labute approximate surface area is 212 Å². The van der Waals surface area contributed by atoms with Crippen molar-refractivity contribution in [2.45, 2.75) is 56.1 Å². The van der Waals surface area contributed by atoms with Gasteiger partial charge in [-0.1, -0.05) is 42.5 Å². The van der Waals surface area contributed by atoms with Crippen LogP contribution in [0.15, 0.2) is 54.6 Å². The van der Waals surface area contributed by atoms with Crippen molar-refractivity contribution in [3.63, 3.8) is 0 Å². The third-order valence-corrected chi connectivity index (χ3v) is 5.96. The van der Waals surface area contributed by atoms with Gasteiger partial charge in [-0.25, -0.2) is 0 Å². The molecule has 0 unspecified atom stereocenters. The molecule has 2 fully saturated rings. The molecular formula is C26H28O11. The Kier molecular flexibility index (Phi) is 8.72. The van der Waals surface area contributed by atoms with Crippen molar-refractivity contribution < 1.29 is 53.4 Å². The molecule has 0 saturated carbocycles. The highest BCUT2D eigenvalue weighted by atomic mass is 16.7. The average Bonchev–Trinajstić information content (AvgIpc) is 3.29. The van der Waals surface area contributed by atoms with E-state index in [1.807, 2.05) is 0 Å². The summed E-state index contributed by atoms with van der Waals surface area (Å²) in [7, 11) is 0. The SMILES string of the molecule is O=C1C[C@@H](O[C@@H]2O[C@H](CO)[C@@H](O)[C@H](OC(=O)Cc3ccccc3)[C@H]2OC(=O)Cc2ccc(O)cc2)CO1. The predicted molar refractivity (Wildman–Crippen MR) is 124 cm³/mol. The third-order valence-electron chi connectivity index (χ3n) is 5.96. The van der Waals surface area contributed by atoms with Gasteiger partial charge in [0.05, 0.1) is 25.9 Å². The molecule has 2 aliphatic heterocycles. The van der Waals surface area contributed by atoms with Crippen LogP contribution < -0.4 is 0 Å². The molecule has 198 valence electrons. The van der Waals surface area contributed by atoms with Crippen LogP contribution in [-0.4, -0.2) is 83.3 Å². The molecule has 2 heterocycles. The molecule has 0 amide bonds. The van der Waals surface area contributed by atoms with Crippen LogP contribution in [0.3, 0.4) is 0 Å². The van der Waals surface area contributed by atoms with Gasteiger partial charge in [-0.2, -0.15) is 0 Å². The highest BCUT2D eigenvalue weighted by molar-refractivity contribution is 5.74. The van der Waals surface area contributed by atoms with E-state index in [4.69, 9.17) is 23.7 Å². The fraction of sp³-hybridized carbons (Fsp3) is 0.423. The summed E-state index contributed by atoms with van der Waals surface area (Å²) in [6.45, 7) is -0.695. The Bertz CT molecular complexity index is 1070. The van der Waals surface area contributed by atoms with Gasteiger partial charge in [-0.05, 0) is 23.3 Å². The van der Waals surface area contributed by atoms with Crippen molar-refractivity contribution in [3.8, 4) is 5.75 Å². The van der Waals surface area contributed by atoms with Gasteiger partial charge in [0.2, 0.25) is 0 Å². The fourth-order valence-corrected chi connectivity index (χ4v) is 4.11. The minimum Gasteiger partial charge on any atom is -0.508 e. The Hall–Kier alpha value is -3.51. The maximum Gasteiger partial charge on any atom is 0.310 e. The molecule has 2 saturated heterocycles. The second-order valence-electron chi connectivity index (χ2n) is 8.78. The monoisotopic (exact) mass is 516 g/mol. The molecule has 0 bridgehead atoms. The molecule has 2 aromatic rings. The van der Waals surface area contributed by atoms with E-state index >= 15 is 0 Å². The van der Waals surface area contributed by atoms with Gasteiger partial charge in [0.15, 0.2) is 18.5 Å². The molecule has 37 heavy (non-hydrogen) atoms. The molecule has 2 aliphatic rings. The molecule has 4 rings (SSSR count). The lowest BCUT2D eigenvalue weighted by Gasteiger charge is -2.43. The number of aliphatic hydroxyl groups excluding tert-OH is 2. The zero-order valence-corrected chi connectivity index (χ0v) is 19.8. The van der Waals surface area contributed by atoms with Gasteiger partial charge in [0.25, 0.3) is 0 Å². The number of esters is 3. The van der Waals surface area contributed by atoms with Gasteiger partial charge < -0.3 is 39.0 Å². The minimum atomic E-state index is -1.54. The van der Waals surface area contributed by atoms with Crippen molar-refractivity contribution >= 4 is 17.9 Å². The van der Waals surface area contributed by atoms with E-state index in [2.05, 4.69) is 0 Å². The lowest BCUT2D eigenvalue weighted by Crippen LogP contribution is -2.62. The minimum absolute atomic E-state index is 0.0307. The molecule has 3 N–H and O–H groups in total. The summed E-state index contributed by atoms with van der Waals surface area (Å²) in [5, 5.41) is 30.1. The second-order valence-corrected chi connectivity index (χ2v) is 8.78. The van der Waals surface area contributed by atoms with Crippen LogP contribution in [0, 0.1) is 0 Å². The zero-order chi connectivity index (χ0) is 26.4. The summed E-state index contributed by atoms with van der Waals surface area (Å²) in [5.41, 5.74) is 1.21. The summed E-state index contributed by atoms with van der Waals surface area (Å²) < 4.78 is 27.6. The van der Waals surface area contributed by atoms with Gasteiger partial charge in [-0.3, -0.25) is 14.4 Å². The molecule has 2 aromatic carbocycles. The number of benzene rings is 2. The molecule has 0 aromatic heterocycles. The first-order valence-electron chi connectivity index (χ1n) is 11.8. The summed E-state index contributed by atoms with van der Waals surface area (Å²) in [6, 6.07) is 14.7. The summed E-state index contributed by atoms with van der Waals surface area (Å²) in [5.74, 6) is -1.90. The van der Waals surface area contributed by atoms with Crippen molar-refractivity contribution in [1.29, 1.82) is 0 Å². The predicted octanol–water partition coefficient (Wildman–Crippen LogP) is 0.411. The largest absolute Gasteiger partial charge is 0.508 e. The number of carbonyl (C=O) groups is 3. The number of aliphatic hydroxyl groups is 2. The van der Waals surface area contributed by atoms with Gasteiger partial charge in [-0.15, -0.1) is 0 Å². The maximum absolute atomic E-state index is 12.8. The summed E-state index contributed by atoms with van der Waals surface area (Å²) in [4.78, 5) is 37.1. The maximum atomic E-state index is 12.8. The van der Waals surface area contributed by atoms with Gasteiger partial charge >= 0.3 is 17.9 Å². The first-order valence-corrected chi connectivity index (χ1v) is 11.8. The van der Waals surface area contributed by atoms with Crippen LogP contribution in [0.5, 0.6) is 5.75 Å². The smallest absolute Gasteiger partial charge is 0.310 e. The fourth-order valence-electron chi connectivity index (χ4n) is 4.11. The van der Waals surface area contributed by atoms with Crippen LogP contribution in [0.4, 0.5) is 0 Å². The van der Waals surface area contributed by atoms with Crippen LogP contribution >= 0.6 is 0 Å². The van der Waals surface area contributed by atoms with E-state index in [1.54, 1.807) is 30.3 Å². The van der Waals surface area contributed by atoms with Crippen LogP contribution in [0.1, 0.15) is 17.5 Å². The number of phenols is 1. The average molecular weight is 516 g/mol. The Balaban J connectivity index is 1.54. The van der Waals surface area contributed by atoms with Gasteiger partial charge in [0, 0.05) is 0 Å². The van der Waals surface area contributed by atoms with E-state index in [0.29, 0.717) is 11.1 Å². The van der Waals surface area contributed by atoms with E-state index in [0.717, 1.165) is 0 Å². The standard InChI is InChI=1S/C26H28O11/c27-13-19-23(32)24(36-21(30)10-15-4-2-1-3-5-15)25(26(35-19)34-18-12-20(29)33-14-18)37-22(31)11-16-6-8-17(28)9-7-16/h1-9,18-19,23-28,32H,10-14H2/t18-,19-,23-,24+,25-,26-/m1/s1. The summed E-state index contributed by atoms with van der Waals surface area (Å²) >= 11 is 0. The number of ether oxygens (including phenoxy) is 5. The first kappa shape index (κ1) is 26.6. The quantitative estimate of drug-likeness (QED) is 0.313. The topological polar surface area (TPSA) is 158 Å². The lowest BCUT2D eigenvalue weighted by molar-refractivity contribution is -0.315. The number of aromatic hydroxyl groups is 1. The van der Waals surface area contributed by atoms with Crippen molar-refractivity contribution in [3.05, 3.63) is 65.7 Å². The normalized spacial score (nSPS) is 27.4. The van der Waals surface area contributed by atoms with Crippen molar-refractivity contribution in [2.75, 3.05) is 13.2 Å². The number of hydrogen-bond donors (Lipinski definition) is 3. The molecule has 0 radical (unpaired) electrons. The second kappa shape index (κ2) is 12.2.